The van der Waals surface area contributed by atoms with Crippen LogP contribution in [0.4, 0.5) is 4.39 Å². The van der Waals surface area contributed by atoms with E-state index in [0.717, 1.165) is 6.07 Å². The van der Waals surface area contributed by atoms with Crippen molar-refractivity contribution in [2.75, 3.05) is 0 Å². The second kappa shape index (κ2) is 3.59. The van der Waals surface area contributed by atoms with E-state index in [1.165, 1.54) is 6.20 Å². The third-order valence-electron chi connectivity index (χ3n) is 1.19. The molecule has 0 atom stereocenters. The quantitative estimate of drug-likeness (QED) is 0.323. The Labute approximate surface area is 76.1 Å². The van der Waals surface area contributed by atoms with Crippen LogP contribution in [-0.2, 0) is 0 Å². The molecule has 0 spiro atoms. The van der Waals surface area contributed by atoms with E-state index in [2.05, 4.69) is 20.9 Å². The van der Waals surface area contributed by atoms with Gasteiger partial charge in [0.2, 0.25) is 0 Å². The lowest BCUT2D eigenvalue weighted by Gasteiger charge is -1.98. The van der Waals surface area contributed by atoms with Crippen molar-refractivity contribution in [3.8, 4) is 0 Å². The summed E-state index contributed by atoms with van der Waals surface area (Å²) in [5.74, 6) is 3.65. The molecule has 0 unspecified atom stereocenters. The molecule has 1 amide bonds. The number of carbonyl (C=O) groups is 1. The molecule has 1 rings (SSSR count). The number of carbonyl (C=O) groups excluding carboxylic acids is 1. The van der Waals surface area contributed by atoms with Crippen molar-refractivity contribution in [3.63, 3.8) is 0 Å². The third kappa shape index (κ3) is 1.77. The van der Waals surface area contributed by atoms with E-state index >= 15 is 0 Å². The molecule has 12 heavy (non-hydrogen) atoms. The number of amides is 1. The first-order chi connectivity index (χ1) is 5.65. The summed E-state index contributed by atoms with van der Waals surface area (Å²) < 4.78 is 12.8. The number of nitrogen functional groups attached to an aromatic ring is 1. The summed E-state index contributed by atoms with van der Waals surface area (Å²) in [7, 11) is 0. The molecule has 1 heterocycles. The van der Waals surface area contributed by atoms with Gasteiger partial charge in [0.1, 0.15) is 4.60 Å². The fourth-order valence-corrected chi connectivity index (χ4v) is 0.846. The topological polar surface area (TPSA) is 68.0 Å². The monoisotopic (exact) mass is 233 g/mol. The zero-order chi connectivity index (χ0) is 9.14. The van der Waals surface area contributed by atoms with Crippen LogP contribution in [0.15, 0.2) is 16.9 Å². The Morgan fingerprint density at radius 2 is 2.42 bits per heavy atom. The number of pyridine rings is 1. The van der Waals surface area contributed by atoms with Gasteiger partial charge in [0.15, 0.2) is 5.82 Å². The molecule has 0 aliphatic heterocycles. The predicted octanol–water partition coefficient (Wildman–Crippen LogP) is 0.587. The van der Waals surface area contributed by atoms with Gasteiger partial charge in [-0.3, -0.25) is 10.2 Å². The Morgan fingerprint density at radius 1 is 1.75 bits per heavy atom. The van der Waals surface area contributed by atoms with Crippen LogP contribution in [0.1, 0.15) is 10.4 Å². The van der Waals surface area contributed by atoms with E-state index in [-0.39, 0.29) is 10.2 Å². The van der Waals surface area contributed by atoms with Gasteiger partial charge in [0.05, 0.1) is 5.56 Å². The van der Waals surface area contributed by atoms with Gasteiger partial charge in [-0.2, -0.15) is 0 Å². The van der Waals surface area contributed by atoms with Crippen LogP contribution in [0.5, 0.6) is 0 Å². The van der Waals surface area contributed by atoms with Gasteiger partial charge in [0, 0.05) is 6.20 Å². The lowest BCUT2D eigenvalue weighted by molar-refractivity contribution is 0.0953. The largest absolute Gasteiger partial charge is 0.290 e. The molecule has 3 N–H and O–H groups in total. The molecule has 0 radical (unpaired) electrons. The SMILES string of the molecule is NNC(=O)c1cnc(Br)c(F)c1. The average molecular weight is 234 g/mol. The van der Waals surface area contributed by atoms with Crippen LogP contribution < -0.4 is 11.3 Å². The number of hydrazine groups is 1. The Bertz CT molecular complexity index is 318. The summed E-state index contributed by atoms with van der Waals surface area (Å²) in [5.41, 5.74) is 1.95. The van der Waals surface area contributed by atoms with Crippen molar-refractivity contribution in [2.45, 2.75) is 0 Å². The van der Waals surface area contributed by atoms with E-state index < -0.39 is 11.7 Å². The highest BCUT2D eigenvalue weighted by molar-refractivity contribution is 9.10. The molecule has 6 heteroatoms. The van der Waals surface area contributed by atoms with Gasteiger partial charge >= 0.3 is 0 Å². The Morgan fingerprint density at radius 3 is 2.92 bits per heavy atom. The van der Waals surface area contributed by atoms with Crippen LogP contribution in [0.2, 0.25) is 0 Å². The molecular formula is C6H5BrFN3O. The van der Waals surface area contributed by atoms with Crippen molar-refractivity contribution >= 4 is 21.8 Å². The van der Waals surface area contributed by atoms with Crippen LogP contribution >= 0.6 is 15.9 Å². The van der Waals surface area contributed by atoms with Crippen LogP contribution in [0, 0.1) is 5.82 Å². The smallest absolute Gasteiger partial charge is 0.266 e. The average Bonchev–Trinajstić information content (AvgIpc) is 2.08. The van der Waals surface area contributed by atoms with Gasteiger partial charge in [-0.15, -0.1) is 0 Å². The van der Waals surface area contributed by atoms with Gasteiger partial charge in [0.25, 0.3) is 5.91 Å². The molecule has 0 aromatic carbocycles. The van der Waals surface area contributed by atoms with Crippen molar-refractivity contribution in [2.24, 2.45) is 5.84 Å². The highest BCUT2D eigenvalue weighted by Gasteiger charge is 2.07. The molecule has 0 aliphatic carbocycles. The molecule has 1 aromatic rings. The van der Waals surface area contributed by atoms with Gasteiger partial charge in [-0.1, -0.05) is 0 Å². The van der Waals surface area contributed by atoms with Gasteiger partial charge in [-0.05, 0) is 22.0 Å². The molecule has 0 saturated carbocycles. The molecule has 0 bridgehead atoms. The summed E-state index contributed by atoms with van der Waals surface area (Å²) in [4.78, 5) is 14.4. The first-order valence-electron chi connectivity index (χ1n) is 2.97. The molecule has 0 saturated heterocycles. The van der Waals surface area contributed by atoms with E-state index in [1.807, 2.05) is 5.43 Å². The standard InChI is InChI=1S/C6H5BrFN3O/c7-5-4(8)1-3(2-10-5)6(12)11-9/h1-2H,9H2,(H,11,12). The number of nitrogens with zero attached hydrogens (tertiary/aromatic N) is 1. The number of hydrogen-bond acceptors (Lipinski definition) is 3. The minimum Gasteiger partial charge on any atom is -0.290 e. The minimum absolute atomic E-state index is 0.0658. The summed E-state index contributed by atoms with van der Waals surface area (Å²) >= 11 is 2.85. The highest BCUT2D eigenvalue weighted by atomic mass is 79.9. The highest BCUT2D eigenvalue weighted by Crippen LogP contribution is 2.12. The molecule has 0 fully saturated rings. The number of aromatic nitrogens is 1. The van der Waals surface area contributed by atoms with Crippen molar-refractivity contribution in [1.82, 2.24) is 10.4 Å². The minimum atomic E-state index is -0.601. The lowest BCUT2D eigenvalue weighted by atomic mass is 10.3. The number of nitrogens with one attached hydrogen (secondary N) is 1. The number of hydrogen-bond donors (Lipinski definition) is 2. The van der Waals surface area contributed by atoms with E-state index in [4.69, 9.17) is 5.84 Å². The zero-order valence-electron chi connectivity index (χ0n) is 5.84. The molecule has 0 aliphatic rings. The van der Waals surface area contributed by atoms with Gasteiger partial charge < -0.3 is 0 Å². The molecular weight excluding hydrogens is 229 g/mol. The summed E-state index contributed by atoms with van der Waals surface area (Å²) in [6.07, 6.45) is 1.22. The van der Waals surface area contributed by atoms with E-state index in [0.29, 0.717) is 0 Å². The van der Waals surface area contributed by atoms with E-state index in [9.17, 15) is 9.18 Å². The first-order valence-corrected chi connectivity index (χ1v) is 3.76. The molecule has 64 valence electrons. The second-order valence-electron chi connectivity index (χ2n) is 1.97. The summed E-state index contributed by atoms with van der Waals surface area (Å²) in [6.45, 7) is 0. The zero-order valence-corrected chi connectivity index (χ0v) is 7.43. The van der Waals surface area contributed by atoms with Crippen molar-refractivity contribution < 1.29 is 9.18 Å². The van der Waals surface area contributed by atoms with Crippen molar-refractivity contribution in [1.29, 1.82) is 0 Å². The third-order valence-corrected chi connectivity index (χ3v) is 1.77. The first kappa shape index (κ1) is 9.08. The molecule has 1 aromatic heterocycles. The summed E-state index contributed by atoms with van der Waals surface area (Å²) in [6, 6.07) is 1.04. The fraction of sp³-hybridized carbons (Fsp3) is 0. The Hall–Kier alpha value is -1.01. The summed E-state index contributed by atoms with van der Waals surface area (Å²) in [5, 5.41) is 0. The van der Waals surface area contributed by atoms with Crippen LogP contribution in [0.3, 0.4) is 0 Å². The lowest BCUT2D eigenvalue weighted by Crippen LogP contribution is -2.30. The maximum atomic E-state index is 12.7. The Kier molecular flexibility index (Phi) is 2.72. The normalized spacial score (nSPS) is 9.58. The second-order valence-corrected chi connectivity index (χ2v) is 2.72. The van der Waals surface area contributed by atoms with Gasteiger partial charge in [-0.25, -0.2) is 15.2 Å². The molecule has 4 nitrogen and oxygen atoms in total. The fourth-order valence-electron chi connectivity index (χ4n) is 0.629. The Balaban J connectivity index is 3.05. The number of rotatable bonds is 1. The maximum Gasteiger partial charge on any atom is 0.266 e. The maximum absolute atomic E-state index is 12.7. The predicted molar refractivity (Wildman–Crippen MR) is 43.5 cm³/mol. The van der Waals surface area contributed by atoms with Crippen LogP contribution in [0.25, 0.3) is 0 Å². The van der Waals surface area contributed by atoms with Crippen LogP contribution in [-0.4, -0.2) is 10.9 Å². The number of nitrogens with two attached hydrogens (primary N) is 1. The number of halogens is 2. The van der Waals surface area contributed by atoms with Crippen molar-refractivity contribution in [3.05, 3.63) is 28.2 Å². The van der Waals surface area contributed by atoms with E-state index in [1.54, 1.807) is 0 Å².